The molecule has 4 heteroatoms. The number of likely N-dealkylation sites (N-methyl/N-ethyl adjacent to an activating group) is 1. The number of hydrogen-bond donors (Lipinski definition) is 1. The predicted octanol–water partition coefficient (Wildman–Crippen LogP) is 3.81. The highest BCUT2D eigenvalue weighted by Crippen LogP contribution is 2.39. The minimum absolute atomic E-state index is 0.109. The topological polar surface area (TPSA) is 21.3 Å². The highest BCUT2D eigenvalue weighted by molar-refractivity contribution is 9.10. The third-order valence-corrected chi connectivity index (χ3v) is 4.17. The van der Waals surface area contributed by atoms with Gasteiger partial charge in [-0.15, -0.1) is 0 Å². The van der Waals surface area contributed by atoms with Crippen molar-refractivity contribution < 1.29 is 9.13 Å². The Hall–Kier alpha value is -0.450. The first-order valence-electron chi connectivity index (χ1n) is 6.40. The van der Waals surface area contributed by atoms with Crippen molar-refractivity contribution in [3.05, 3.63) is 34.1 Å². The van der Waals surface area contributed by atoms with Crippen LogP contribution in [0.15, 0.2) is 22.7 Å². The van der Waals surface area contributed by atoms with Crippen molar-refractivity contribution in [2.24, 2.45) is 0 Å². The molecule has 2 unspecified atom stereocenters. The fourth-order valence-electron chi connectivity index (χ4n) is 2.63. The highest BCUT2D eigenvalue weighted by atomic mass is 79.9. The number of benzene rings is 1. The molecule has 2 atom stereocenters. The molecule has 0 aromatic heterocycles. The molecule has 0 saturated carbocycles. The van der Waals surface area contributed by atoms with E-state index in [0.29, 0.717) is 10.0 Å². The molecule has 0 aliphatic carbocycles. The fourth-order valence-corrected chi connectivity index (χ4v) is 3.01. The molecular weight excluding hydrogens is 297 g/mol. The van der Waals surface area contributed by atoms with Crippen molar-refractivity contribution in [3.8, 4) is 0 Å². The molecule has 0 spiro atoms. The van der Waals surface area contributed by atoms with Gasteiger partial charge in [0.2, 0.25) is 0 Å². The lowest BCUT2D eigenvalue weighted by Crippen LogP contribution is -2.41. The first-order chi connectivity index (χ1) is 8.58. The van der Waals surface area contributed by atoms with Gasteiger partial charge in [0.15, 0.2) is 0 Å². The number of hydrogen-bond acceptors (Lipinski definition) is 2. The van der Waals surface area contributed by atoms with Crippen LogP contribution in [0.25, 0.3) is 0 Å². The zero-order valence-electron chi connectivity index (χ0n) is 10.8. The normalized spacial score (nSPS) is 25.3. The van der Waals surface area contributed by atoms with Crippen LogP contribution in [0.5, 0.6) is 0 Å². The average molecular weight is 316 g/mol. The lowest BCUT2D eigenvalue weighted by Gasteiger charge is -2.34. The van der Waals surface area contributed by atoms with E-state index in [2.05, 4.69) is 28.2 Å². The smallest absolute Gasteiger partial charge is 0.142 e. The zero-order chi connectivity index (χ0) is 13.2. The van der Waals surface area contributed by atoms with Crippen LogP contribution < -0.4 is 5.32 Å². The van der Waals surface area contributed by atoms with Gasteiger partial charge in [-0.2, -0.15) is 0 Å². The zero-order valence-corrected chi connectivity index (χ0v) is 12.4. The van der Waals surface area contributed by atoms with Crippen molar-refractivity contribution >= 4 is 15.9 Å². The second-order valence-electron chi connectivity index (χ2n) is 4.90. The van der Waals surface area contributed by atoms with Crippen molar-refractivity contribution in [2.75, 3.05) is 13.2 Å². The largest absolute Gasteiger partial charge is 0.373 e. The quantitative estimate of drug-likeness (QED) is 0.912. The molecule has 2 nitrogen and oxygen atoms in total. The molecule has 18 heavy (non-hydrogen) atoms. The molecule has 1 aromatic rings. The first-order valence-corrected chi connectivity index (χ1v) is 7.19. The Morgan fingerprint density at radius 1 is 1.56 bits per heavy atom. The summed E-state index contributed by atoms with van der Waals surface area (Å²) >= 11 is 3.25. The molecule has 1 aliphatic heterocycles. The summed E-state index contributed by atoms with van der Waals surface area (Å²) in [6.45, 7) is 5.64. The molecule has 1 aliphatic rings. The predicted molar refractivity (Wildman–Crippen MR) is 74.1 cm³/mol. The summed E-state index contributed by atoms with van der Waals surface area (Å²) in [6, 6.07) is 5.31. The molecule has 1 fully saturated rings. The Kier molecular flexibility index (Phi) is 4.41. The molecule has 1 heterocycles. The van der Waals surface area contributed by atoms with Gasteiger partial charge in [-0.05, 0) is 48.3 Å². The van der Waals surface area contributed by atoms with Crippen LogP contribution in [0.3, 0.4) is 0 Å². The van der Waals surface area contributed by atoms with Gasteiger partial charge in [-0.25, -0.2) is 4.39 Å². The van der Waals surface area contributed by atoms with Gasteiger partial charge in [-0.3, -0.25) is 0 Å². The van der Waals surface area contributed by atoms with E-state index in [-0.39, 0.29) is 17.5 Å². The van der Waals surface area contributed by atoms with Gasteiger partial charge in [0.1, 0.15) is 5.82 Å². The standard InChI is InChI=1S/C14H19BrFNO/c1-3-17-13(14(2)8-5-9-18-14)10-6-4-7-11(15)12(10)16/h4,6-7,13,17H,3,5,8-9H2,1-2H3. The van der Waals surface area contributed by atoms with E-state index in [1.165, 1.54) is 0 Å². The maximum atomic E-state index is 14.3. The summed E-state index contributed by atoms with van der Waals surface area (Å²) < 4.78 is 20.6. The van der Waals surface area contributed by atoms with Gasteiger partial charge in [0.05, 0.1) is 16.1 Å². The Bertz CT molecular complexity index is 418. The summed E-state index contributed by atoms with van der Waals surface area (Å²) in [6.07, 6.45) is 1.99. The summed E-state index contributed by atoms with van der Waals surface area (Å²) in [4.78, 5) is 0. The molecule has 0 amide bonds. The number of rotatable bonds is 4. The Labute approximate surface area is 116 Å². The molecule has 0 radical (unpaired) electrons. The van der Waals surface area contributed by atoms with Crippen LogP contribution in [0, 0.1) is 5.82 Å². The van der Waals surface area contributed by atoms with Gasteiger partial charge in [-0.1, -0.05) is 19.1 Å². The highest BCUT2D eigenvalue weighted by Gasteiger charge is 2.40. The van der Waals surface area contributed by atoms with Crippen LogP contribution in [-0.2, 0) is 4.74 Å². The monoisotopic (exact) mass is 315 g/mol. The number of ether oxygens (including phenoxy) is 1. The molecule has 2 rings (SSSR count). The van der Waals surface area contributed by atoms with Crippen molar-refractivity contribution in [3.63, 3.8) is 0 Å². The maximum absolute atomic E-state index is 14.3. The lowest BCUT2D eigenvalue weighted by atomic mass is 9.87. The minimum atomic E-state index is -0.322. The second kappa shape index (κ2) is 5.68. The van der Waals surface area contributed by atoms with E-state index in [4.69, 9.17) is 4.74 Å². The van der Waals surface area contributed by atoms with E-state index in [0.717, 1.165) is 26.0 Å². The van der Waals surface area contributed by atoms with Crippen LogP contribution in [-0.4, -0.2) is 18.8 Å². The van der Waals surface area contributed by atoms with Crippen LogP contribution in [0.4, 0.5) is 4.39 Å². The van der Waals surface area contributed by atoms with Gasteiger partial charge in [0.25, 0.3) is 0 Å². The third-order valence-electron chi connectivity index (χ3n) is 3.56. The number of halogens is 2. The average Bonchev–Trinajstić information content (AvgIpc) is 2.78. The summed E-state index contributed by atoms with van der Waals surface area (Å²) in [5.41, 5.74) is 0.355. The van der Waals surface area contributed by atoms with Crippen LogP contribution >= 0.6 is 15.9 Å². The van der Waals surface area contributed by atoms with Crippen molar-refractivity contribution in [2.45, 2.75) is 38.3 Å². The van der Waals surface area contributed by atoms with Crippen molar-refractivity contribution in [1.29, 1.82) is 0 Å². The second-order valence-corrected chi connectivity index (χ2v) is 5.75. The van der Waals surface area contributed by atoms with Gasteiger partial charge in [0, 0.05) is 12.2 Å². The Morgan fingerprint density at radius 3 is 2.94 bits per heavy atom. The molecule has 1 saturated heterocycles. The molecule has 100 valence electrons. The summed E-state index contributed by atoms with van der Waals surface area (Å²) in [7, 11) is 0. The van der Waals surface area contributed by atoms with Crippen LogP contribution in [0.1, 0.15) is 38.3 Å². The number of nitrogens with one attached hydrogen (secondary N) is 1. The Morgan fingerprint density at radius 2 is 2.33 bits per heavy atom. The SMILES string of the molecule is CCNC(c1cccc(Br)c1F)C1(C)CCCO1. The fraction of sp³-hybridized carbons (Fsp3) is 0.571. The lowest BCUT2D eigenvalue weighted by molar-refractivity contribution is -0.0130. The minimum Gasteiger partial charge on any atom is -0.373 e. The van der Waals surface area contributed by atoms with E-state index in [9.17, 15) is 4.39 Å². The van der Waals surface area contributed by atoms with Gasteiger partial charge < -0.3 is 10.1 Å². The summed E-state index contributed by atoms with van der Waals surface area (Å²) in [5, 5.41) is 3.36. The van der Waals surface area contributed by atoms with Crippen molar-refractivity contribution in [1.82, 2.24) is 5.32 Å². The van der Waals surface area contributed by atoms with Crippen LogP contribution in [0.2, 0.25) is 0 Å². The first kappa shape index (κ1) is 14.0. The van der Waals surface area contributed by atoms with E-state index >= 15 is 0 Å². The molecule has 1 N–H and O–H groups in total. The molecule has 0 bridgehead atoms. The van der Waals surface area contributed by atoms with Gasteiger partial charge >= 0.3 is 0 Å². The molecular formula is C14H19BrFNO. The third kappa shape index (κ3) is 2.60. The summed E-state index contributed by atoms with van der Waals surface area (Å²) in [5.74, 6) is -0.194. The van der Waals surface area contributed by atoms with E-state index in [1.807, 2.05) is 19.1 Å². The molecule has 1 aromatic carbocycles. The van der Waals surface area contributed by atoms with E-state index in [1.54, 1.807) is 6.07 Å². The maximum Gasteiger partial charge on any atom is 0.142 e. The Balaban J connectivity index is 2.38. The van der Waals surface area contributed by atoms with E-state index < -0.39 is 0 Å².